The second-order valence-corrected chi connectivity index (χ2v) is 6.62. The third-order valence-electron chi connectivity index (χ3n) is 3.37. The molecule has 0 amide bonds. The molecule has 23 heavy (non-hydrogen) atoms. The lowest BCUT2D eigenvalue weighted by Gasteiger charge is -2.23. The summed E-state index contributed by atoms with van der Waals surface area (Å²) in [6, 6.07) is 12.5. The third-order valence-corrected chi connectivity index (χ3v) is 3.37. The molecular weight excluding hydrogens is 286 g/mol. The van der Waals surface area contributed by atoms with E-state index in [0.717, 1.165) is 18.3 Å². The van der Waals surface area contributed by atoms with Crippen LogP contribution >= 0.6 is 0 Å². The number of hydrogen-bond donors (Lipinski definition) is 2. The Hall–Kier alpha value is -2.23. The second-order valence-electron chi connectivity index (χ2n) is 6.62. The third kappa shape index (κ3) is 5.16. The van der Waals surface area contributed by atoms with Gasteiger partial charge < -0.3 is 15.4 Å². The molecule has 2 N–H and O–H groups in total. The predicted octanol–water partition coefficient (Wildman–Crippen LogP) is 3.70. The number of benzene rings is 2. The summed E-state index contributed by atoms with van der Waals surface area (Å²) in [4.78, 5) is 4.68. The highest BCUT2D eigenvalue weighted by atomic mass is 16.5. The summed E-state index contributed by atoms with van der Waals surface area (Å²) in [5.41, 5.74) is 1.18. The van der Waals surface area contributed by atoms with Crippen LogP contribution in [0.5, 0.6) is 5.75 Å². The molecule has 0 atom stereocenters. The van der Waals surface area contributed by atoms with Crippen molar-refractivity contribution in [2.45, 2.75) is 39.8 Å². The van der Waals surface area contributed by atoms with Crippen molar-refractivity contribution in [2.24, 2.45) is 4.99 Å². The van der Waals surface area contributed by atoms with Gasteiger partial charge in [0.1, 0.15) is 5.75 Å². The van der Waals surface area contributed by atoms with Crippen molar-refractivity contribution >= 4 is 16.7 Å². The molecule has 124 valence electrons. The fourth-order valence-corrected chi connectivity index (χ4v) is 2.33. The Morgan fingerprint density at radius 1 is 1.09 bits per heavy atom. The number of nitrogens with one attached hydrogen (secondary N) is 2. The molecule has 2 aromatic carbocycles. The molecule has 0 aliphatic heterocycles. The molecule has 4 nitrogen and oxygen atoms in total. The quantitative estimate of drug-likeness (QED) is 0.668. The molecule has 2 rings (SSSR count). The van der Waals surface area contributed by atoms with Crippen molar-refractivity contribution in [1.29, 1.82) is 0 Å². The van der Waals surface area contributed by atoms with Crippen molar-refractivity contribution in [1.82, 2.24) is 10.6 Å². The average molecular weight is 313 g/mol. The summed E-state index contributed by atoms with van der Waals surface area (Å²) in [5, 5.41) is 9.06. The zero-order valence-electron chi connectivity index (χ0n) is 14.7. The van der Waals surface area contributed by atoms with Crippen molar-refractivity contribution in [3.63, 3.8) is 0 Å². The van der Waals surface area contributed by atoms with Crippen LogP contribution in [0, 0.1) is 0 Å². The zero-order chi connectivity index (χ0) is 16.9. The van der Waals surface area contributed by atoms with Gasteiger partial charge in [0.15, 0.2) is 5.96 Å². The molecule has 0 heterocycles. The molecule has 0 radical (unpaired) electrons. The van der Waals surface area contributed by atoms with E-state index in [9.17, 15) is 0 Å². The molecule has 0 aromatic heterocycles. The zero-order valence-corrected chi connectivity index (χ0v) is 14.7. The van der Waals surface area contributed by atoms with Gasteiger partial charge in [-0.2, -0.15) is 0 Å². The maximum atomic E-state index is 5.27. The number of guanidine groups is 1. The molecule has 0 fully saturated rings. The Morgan fingerprint density at radius 3 is 2.43 bits per heavy atom. The number of nitrogens with zero attached hydrogens (tertiary/aromatic N) is 1. The Balaban J connectivity index is 2.17. The van der Waals surface area contributed by atoms with E-state index in [-0.39, 0.29) is 5.54 Å². The summed E-state index contributed by atoms with van der Waals surface area (Å²) in [7, 11) is 1.69. The Morgan fingerprint density at radius 2 is 1.78 bits per heavy atom. The van der Waals surface area contributed by atoms with Gasteiger partial charge in [-0.3, -0.25) is 0 Å². The second kappa shape index (κ2) is 7.36. The number of aliphatic imine (C=N–C) groups is 1. The van der Waals surface area contributed by atoms with E-state index in [4.69, 9.17) is 4.74 Å². The molecule has 0 spiro atoms. The SMILES string of the molecule is CCNC(=NCc1ccc2cc(OC)ccc2c1)NC(C)(C)C. The average Bonchev–Trinajstić information content (AvgIpc) is 2.50. The molecule has 0 aliphatic carbocycles. The van der Waals surface area contributed by atoms with Gasteiger partial charge in [-0.1, -0.05) is 18.2 Å². The lowest BCUT2D eigenvalue weighted by Crippen LogP contribution is -2.47. The lowest BCUT2D eigenvalue weighted by molar-refractivity contribution is 0.415. The van der Waals surface area contributed by atoms with Crippen molar-refractivity contribution in [3.05, 3.63) is 42.0 Å². The van der Waals surface area contributed by atoms with E-state index >= 15 is 0 Å². The van der Waals surface area contributed by atoms with E-state index < -0.39 is 0 Å². The molecule has 0 saturated heterocycles. The van der Waals surface area contributed by atoms with Crippen LogP contribution in [0.3, 0.4) is 0 Å². The summed E-state index contributed by atoms with van der Waals surface area (Å²) in [6.07, 6.45) is 0. The van der Waals surface area contributed by atoms with Crippen molar-refractivity contribution < 1.29 is 4.74 Å². The van der Waals surface area contributed by atoms with Crippen LogP contribution in [0.4, 0.5) is 0 Å². The maximum Gasteiger partial charge on any atom is 0.191 e. The Bertz CT molecular complexity index is 687. The number of fused-ring (bicyclic) bond motifs is 1. The van der Waals surface area contributed by atoms with Crippen molar-refractivity contribution in [2.75, 3.05) is 13.7 Å². The van der Waals surface area contributed by atoms with Gasteiger partial charge in [0.05, 0.1) is 13.7 Å². The molecule has 0 bridgehead atoms. The van der Waals surface area contributed by atoms with Gasteiger partial charge in [0.25, 0.3) is 0 Å². The van der Waals surface area contributed by atoms with E-state index in [1.165, 1.54) is 16.3 Å². The molecular formula is C19H27N3O. The lowest BCUT2D eigenvalue weighted by atomic mass is 10.1. The normalized spacial score (nSPS) is 12.3. The molecule has 0 aliphatic rings. The summed E-state index contributed by atoms with van der Waals surface area (Å²) in [5.74, 6) is 1.72. The fraction of sp³-hybridized carbons (Fsp3) is 0.421. The van der Waals surface area contributed by atoms with Gasteiger partial charge >= 0.3 is 0 Å². The van der Waals surface area contributed by atoms with E-state index in [2.05, 4.69) is 67.6 Å². The van der Waals surface area contributed by atoms with Crippen LogP contribution in [0.1, 0.15) is 33.3 Å². The first-order chi connectivity index (χ1) is 10.9. The van der Waals surface area contributed by atoms with Crippen LogP contribution < -0.4 is 15.4 Å². The summed E-state index contributed by atoms with van der Waals surface area (Å²) >= 11 is 0. The number of hydrogen-bond acceptors (Lipinski definition) is 2. The van der Waals surface area contributed by atoms with E-state index in [1.807, 2.05) is 12.1 Å². The predicted molar refractivity (Wildman–Crippen MR) is 98.2 cm³/mol. The number of ether oxygens (including phenoxy) is 1. The Kier molecular flexibility index (Phi) is 5.48. The van der Waals surface area contributed by atoms with Gasteiger partial charge in [0.2, 0.25) is 0 Å². The standard InChI is InChI=1S/C19H27N3O/c1-6-20-18(22-19(2,3)4)21-13-14-7-8-16-12-17(23-5)10-9-15(16)11-14/h7-12H,6,13H2,1-5H3,(H2,20,21,22). The van der Waals surface area contributed by atoms with Crippen LogP contribution in [0.25, 0.3) is 10.8 Å². The Labute approximate surface area is 139 Å². The minimum absolute atomic E-state index is 0.0130. The van der Waals surface area contributed by atoms with Gasteiger partial charge in [0, 0.05) is 12.1 Å². The highest BCUT2D eigenvalue weighted by Gasteiger charge is 2.11. The van der Waals surface area contributed by atoms with Crippen LogP contribution in [0.15, 0.2) is 41.4 Å². The highest BCUT2D eigenvalue weighted by molar-refractivity contribution is 5.85. The maximum absolute atomic E-state index is 5.27. The van der Waals surface area contributed by atoms with E-state index in [1.54, 1.807) is 7.11 Å². The monoisotopic (exact) mass is 313 g/mol. The molecule has 0 unspecified atom stereocenters. The topological polar surface area (TPSA) is 45.7 Å². The van der Waals surface area contributed by atoms with Crippen LogP contribution in [-0.2, 0) is 6.54 Å². The van der Waals surface area contributed by atoms with Crippen LogP contribution in [-0.4, -0.2) is 25.2 Å². The minimum atomic E-state index is -0.0130. The summed E-state index contributed by atoms with van der Waals surface area (Å²) in [6.45, 7) is 9.95. The minimum Gasteiger partial charge on any atom is -0.497 e. The molecule has 2 aromatic rings. The summed E-state index contributed by atoms with van der Waals surface area (Å²) < 4.78 is 5.27. The first kappa shape index (κ1) is 17.1. The van der Waals surface area contributed by atoms with Gasteiger partial charge in [-0.05, 0) is 62.2 Å². The first-order valence-corrected chi connectivity index (χ1v) is 8.04. The molecule has 4 heteroatoms. The smallest absolute Gasteiger partial charge is 0.191 e. The van der Waals surface area contributed by atoms with Gasteiger partial charge in [-0.25, -0.2) is 4.99 Å². The fourth-order valence-electron chi connectivity index (χ4n) is 2.33. The highest BCUT2D eigenvalue weighted by Crippen LogP contribution is 2.22. The first-order valence-electron chi connectivity index (χ1n) is 8.04. The largest absolute Gasteiger partial charge is 0.497 e. The van der Waals surface area contributed by atoms with Crippen molar-refractivity contribution in [3.8, 4) is 5.75 Å². The number of rotatable bonds is 4. The molecule has 0 saturated carbocycles. The van der Waals surface area contributed by atoms with Crippen LogP contribution in [0.2, 0.25) is 0 Å². The van der Waals surface area contributed by atoms with E-state index in [0.29, 0.717) is 6.54 Å². The number of methoxy groups -OCH3 is 1. The van der Waals surface area contributed by atoms with Gasteiger partial charge in [-0.15, -0.1) is 0 Å².